The lowest BCUT2D eigenvalue weighted by Gasteiger charge is -2.12. The maximum Gasteiger partial charge on any atom is 0.303 e. The molecule has 1 aromatic carbocycles. The number of anilines is 1. The van der Waals surface area contributed by atoms with Gasteiger partial charge in [-0.2, -0.15) is 0 Å². The van der Waals surface area contributed by atoms with Gasteiger partial charge >= 0.3 is 5.97 Å². The quantitative estimate of drug-likeness (QED) is 0.848. The molecule has 0 aromatic heterocycles. The molecule has 1 aromatic rings. The van der Waals surface area contributed by atoms with E-state index in [0.717, 1.165) is 15.9 Å². The normalized spacial score (nSPS) is 11.9. The number of aliphatic carboxylic acids is 1. The maximum atomic E-state index is 10.5. The van der Waals surface area contributed by atoms with E-state index in [9.17, 15) is 4.79 Å². The summed E-state index contributed by atoms with van der Waals surface area (Å²) in [7, 11) is 1.61. The number of halogens is 1. The number of hydrogen-bond donors (Lipinski definition) is 2. The van der Waals surface area contributed by atoms with Crippen molar-refractivity contribution in [1.29, 1.82) is 0 Å². The molecule has 1 atom stereocenters. The van der Waals surface area contributed by atoms with Crippen LogP contribution < -0.4 is 10.1 Å². The average molecular weight is 302 g/mol. The van der Waals surface area contributed by atoms with Crippen molar-refractivity contribution in [2.45, 2.75) is 13.3 Å². The summed E-state index contributed by atoms with van der Waals surface area (Å²) < 4.78 is 6.00. The summed E-state index contributed by atoms with van der Waals surface area (Å²) in [5, 5.41) is 11.8. The van der Waals surface area contributed by atoms with E-state index in [0.29, 0.717) is 6.54 Å². The molecule has 0 aliphatic carbocycles. The van der Waals surface area contributed by atoms with Crippen LogP contribution in [0, 0.1) is 5.92 Å². The fourth-order valence-corrected chi connectivity index (χ4v) is 1.98. The summed E-state index contributed by atoms with van der Waals surface area (Å²) in [6.07, 6.45) is 0.171. The molecule has 0 saturated heterocycles. The molecule has 0 saturated carbocycles. The first kappa shape index (κ1) is 13.8. The van der Waals surface area contributed by atoms with Crippen molar-refractivity contribution in [2.75, 3.05) is 19.0 Å². The van der Waals surface area contributed by atoms with Crippen molar-refractivity contribution < 1.29 is 14.6 Å². The number of carbonyl (C=O) groups is 1. The maximum absolute atomic E-state index is 10.5. The van der Waals surface area contributed by atoms with Crippen LogP contribution in [0.2, 0.25) is 0 Å². The molecule has 17 heavy (non-hydrogen) atoms. The van der Waals surface area contributed by atoms with Crippen LogP contribution in [0.1, 0.15) is 13.3 Å². The van der Waals surface area contributed by atoms with E-state index in [1.54, 1.807) is 7.11 Å². The predicted octanol–water partition coefficient (Wildman–Crippen LogP) is 2.98. The van der Waals surface area contributed by atoms with E-state index in [-0.39, 0.29) is 12.3 Å². The third-order valence-electron chi connectivity index (χ3n) is 2.33. The Kier molecular flexibility index (Phi) is 5.28. The van der Waals surface area contributed by atoms with E-state index >= 15 is 0 Å². The Hall–Kier alpha value is -1.23. The second kappa shape index (κ2) is 6.49. The van der Waals surface area contributed by atoms with Crippen molar-refractivity contribution in [1.82, 2.24) is 0 Å². The summed E-state index contributed by atoms with van der Waals surface area (Å²) in [5.41, 5.74) is 0.940. The van der Waals surface area contributed by atoms with Crippen LogP contribution in [0.5, 0.6) is 5.75 Å². The minimum absolute atomic E-state index is 0.0911. The zero-order valence-electron chi connectivity index (χ0n) is 9.87. The lowest BCUT2D eigenvalue weighted by atomic mass is 10.1. The Morgan fingerprint density at radius 2 is 2.29 bits per heavy atom. The highest BCUT2D eigenvalue weighted by Crippen LogP contribution is 2.27. The summed E-state index contributed by atoms with van der Waals surface area (Å²) in [6, 6.07) is 5.66. The molecule has 4 nitrogen and oxygen atoms in total. The molecule has 2 N–H and O–H groups in total. The molecular weight excluding hydrogens is 286 g/mol. The number of benzene rings is 1. The van der Waals surface area contributed by atoms with Gasteiger partial charge in [-0.15, -0.1) is 0 Å². The monoisotopic (exact) mass is 301 g/mol. The van der Waals surface area contributed by atoms with Gasteiger partial charge in [0.05, 0.1) is 11.6 Å². The smallest absolute Gasteiger partial charge is 0.303 e. The van der Waals surface area contributed by atoms with Gasteiger partial charge in [-0.05, 0) is 40.0 Å². The molecule has 0 fully saturated rings. The number of carboxylic acid groups (broad SMARTS) is 1. The van der Waals surface area contributed by atoms with Crippen molar-refractivity contribution in [3.05, 3.63) is 22.7 Å². The van der Waals surface area contributed by atoms with Crippen LogP contribution in [-0.2, 0) is 4.79 Å². The largest absolute Gasteiger partial charge is 0.496 e. The third-order valence-corrected chi connectivity index (χ3v) is 2.95. The van der Waals surface area contributed by atoms with Gasteiger partial charge in [-0.3, -0.25) is 4.79 Å². The lowest BCUT2D eigenvalue weighted by Crippen LogP contribution is -2.14. The van der Waals surface area contributed by atoms with E-state index < -0.39 is 5.97 Å². The molecule has 94 valence electrons. The summed E-state index contributed by atoms with van der Waals surface area (Å²) >= 11 is 3.40. The summed E-state index contributed by atoms with van der Waals surface area (Å²) in [5.74, 6) is 0.0951. The van der Waals surface area contributed by atoms with Gasteiger partial charge in [0.1, 0.15) is 5.75 Å². The molecule has 0 amide bonds. The van der Waals surface area contributed by atoms with Gasteiger partial charge < -0.3 is 15.2 Å². The SMILES string of the molecule is COc1ccc(NCC(C)CC(=O)O)cc1Br. The zero-order valence-corrected chi connectivity index (χ0v) is 11.5. The first-order valence-corrected chi connectivity index (χ1v) is 6.11. The van der Waals surface area contributed by atoms with Crippen LogP contribution in [0.25, 0.3) is 0 Å². The van der Waals surface area contributed by atoms with Crippen molar-refractivity contribution >= 4 is 27.6 Å². The predicted molar refractivity (Wildman–Crippen MR) is 70.6 cm³/mol. The fourth-order valence-electron chi connectivity index (χ4n) is 1.44. The first-order valence-electron chi connectivity index (χ1n) is 5.32. The number of carboxylic acids is 1. The zero-order chi connectivity index (χ0) is 12.8. The second-order valence-corrected chi connectivity index (χ2v) is 4.79. The standard InChI is InChI=1S/C12H16BrNO3/c1-8(5-12(15)16)7-14-9-3-4-11(17-2)10(13)6-9/h3-4,6,8,14H,5,7H2,1-2H3,(H,15,16). The molecule has 0 aliphatic rings. The molecule has 0 spiro atoms. The molecule has 1 rings (SSSR count). The molecule has 5 heteroatoms. The highest BCUT2D eigenvalue weighted by Gasteiger charge is 2.07. The third kappa shape index (κ3) is 4.65. The first-order chi connectivity index (χ1) is 8.02. The van der Waals surface area contributed by atoms with Crippen LogP contribution in [0.3, 0.4) is 0 Å². The van der Waals surface area contributed by atoms with Crippen LogP contribution in [0.15, 0.2) is 22.7 Å². The van der Waals surface area contributed by atoms with E-state index in [1.165, 1.54) is 0 Å². The fraction of sp³-hybridized carbons (Fsp3) is 0.417. The van der Waals surface area contributed by atoms with Crippen LogP contribution >= 0.6 is 15.9 Å². The van der Waals surface area contributed by atoms with Gasteiger partial charge in [0.25, 0.3) is 0 Å². The Morgan fingerprint density at radius 3 is 2.82 bits per heavy atom. The number of rotatable bonds is 6. The second-order valence-electron chi connectivity index (χ2n) is 3.93. The molecule has 1 unspecified atom stereocenters. The van der Waals surface area contributed by atoms with Crippen LogP contribution in [0.4, 0.5) is 5.69 Å². The Bertz CT molecular complexity index is 395. The molecule has 0 aliphatic heterocycles. The highest BCUT2D eigenvalue weighted by molar-refractivity contribution is 9.10. The molecule has 0 heterocycles. The summed E-state index contributed by atoms with van der Waals surface area (Å²) in [6.45, 7) is 2.53. The molecular formula is C12H16BrNO3. The van der Waals surface area contributed by atoms with Gasteiger partial charge in [0.15, 0.2) is 0 Å². The van der Waals surface area contributed by atoms with E-state index in [1.807, 2.05) is 25.1 Å². The Morgan fingerprint density at radius 1 is 1.59 bits per heavy atom. The number of hydrogen-bond acceptors (Lipinski definition) is 3. The van der Waals surface area contributed by atoms with Gasteiger partial charge in [0, 0.05) is 18.7 Å². The number of nitrogens with one attached hydrogen (secondary N) is 1. The molecule has 0 radical (unpaired) electrons. The van der Waals surface area contributed by atoms with Crippen molar-refractivity contribution in [3.8, 4) is 5.75 Å². The van der Waals surface area contributed by atoms with E-state index in [2.05, 4.69) is 21.2 Å². The minimum atomic E-state index is -0.768. The van der Waals surface area contributed by atoms with Gasteiger partial charge in [-0.25, -0.2) is 0 Å². The van der Waals surface area contributed by atoms with Crippen molar-refractivity contribution in [3.63, 3.8) is 0 Å². The molecule has 0 bridgehead atoms. The average Bonchev–Trinajstić information content (AvgIpc) is 2.25. The Balaban J connectivity index is 2.52. The highest BCUT2D eigenvalue weighted by atomic mass is 79.9. The van der Waals surface area contributed by atoms with Crippen LogP contribution in [-0.4, -0.2) is 24.7 Å². The van der Waals surface area contributed by atoms with Gasteiger partial charge in [-0.1, -0.05) is 6.92 Å². The van der Waals surface area contributed by atoms with E-state index in [4.69, 9.17) is 9.84 Å². The number of ether oxygens (including phenoxy) is 1. The lowest BCUT2D eigenvalue weighted by molar-refractivity contribution is -0.137. The summed E-state index contributed by atoms with van der Waals surface area (Å²) in [4.78, 5) is 10.5. The topological polar surface area (TPSA) is 58.6 Å². The van der Waals surface area contributed by atoms with Gasteiger partial charge in [0.2, 0.25) is 0 Å². The minimum Gasteiger partial charge on any atom is -0.496 e. The number of methoxy groups -OCH3 is 1. The Labute approximate surface area is 109 Å². The van der Waals surface area contributed by atoms with Crippen molar-refractivity contribution in [2.24, 2.45) is 5.92 Å².